The summed E-state index contributed by atoms with van der Waals surface area (Å²) in [4.78, 5) is 22.6. The van der Waals surface area contributed by atoms with E-state index in [0.29, 0.717) is 13.0 Å². The van der Waals surface area contributed by atoms with Gasteiger partial charge >= 0.3 is 12.0 Å². The van der Waals surface area contributed by atoms with Crippen molar-refractivity contribution in [2.45, 2.75) is 77.7 Å². The van der Waals surface area contributed by atoms with E-state index in [0.717, 1.165) is 19.3 Å². The maximum absolute atomic E-state index is 12.0. The zero-order chi connectivity index (χ0) is 15.9. The van der Waals surface area contributed by atoms with Crippen LogP contribution in [0.3, 0.4) is 0 Å². The molecule has 1 fully saturated rings. The van der Waals surface area contributed by atoms with Crippen LogP contribution < -0.4 is 10.6 Å². The summed E-state index contributed by atoms with van der Waals surface area (Å²) in [5, 5.41) is 14.7. The van der Waals surface area contributed by atoms with Crippen LogP contribution >= 0.6 is 0 Å². The second kappa shape index (κ2) is 7.66. The van der Waals surface area contributed by atoms with E-state index in [9.17, 15) is 9.59 Å². The molecule has 0 aliphatic heterocycles. The second-order valence-corrected chi connectivity index (χ2v) is 7.31. The number of amides is 2. The van der Waals surface area contributed by atoms with E-state index < -0.39 is 5.97 Å². The second-order valence-electron chi connectivity index (χ2n) is 7.31. The first-order chi connectivity index (χ1) is 9.72. The molecular formula is C16H30N2O3. The van der Waals surface area contributed by atoms with Crippen LogP contribution in [0.4, 0.5) is 4.79 Å². The fourth-order valence-electron chi connectivity index (χ4n) is 2.86. The van der Waals surface area contributed by atoms with Crippen LogP contribution in [0.15, 0.2) is 0 Å². The molecule has 3 N–H and O–H groups in total. The Morgan fingerprint density at radius 2 is 1.76 bits per heavy atom. The number of hydrogen-bond donors (Lipinski definition) is 3. The van der Waals surface area contributed by atoms with Gasteiger partial charge in [-0.25, -0.2) is 4.79 Å². The molecule has 1 aliphatic carbocycles. The molecule has 21 heavy (non-hydrogen) atoms. The van der Waals surface area contributed by atoms with Gasteiger partial charge in [0.2, 0.25) is 0 Å². The van der Waals surface area contributed by atoms with Crippen LogP contribution in [-0.4, -0.2) is 29.2 Å². The first-order valence-corrected chi connectivity index (χ1v) is 8.00. The Morgan fingerprint density at radius 3 is 2.33 bits per heavy atom. The van der Waals surface area contributed by atoms with Gasteiger partial charge in [-0.15, -0.1) is 0 Å². The standard InChI is InChI=1S/C16H30N2O3/c1-15(2,10-7-13(19)20)11-12-17-14(21)18-16(3)8-5-4-6-9-16/h4-12H2,1-3H3,(H,19,20)(H2,17,18,21). The summed E-state index contributed by atoms with van der Waals surface area (Å²) < 4.78 is 0. The fourth-order valence-corrected chi connectivity index (χ4v) is 2.86. The van der Waals surface area contributed by atoms with E-state index in [1.807, 2.05) is 13.8 Å². The third kappa shape index (κ3) is 7.34. The zero-order valence-corrected chi connectivity index (χ0v) is 13.6. The lowest BCUT2D eigenvalue weighted by Crippen LogP contribution is -2.51. The van der Waals surface area contributed by atoms with Gasteiger partial charge in [-0.1, -0.05) is 33.1 Å². The molecule has 5 nitrogen and oxygen atoms in total. The first-order valence-electron chi connectivity index (χ1n) is 8.00. The Bertz CT molecular complexity index is 361. The summed E-state index contributed by atoms with van der Waals surface area (Å²) in [5.41, 5.74) is -0.137. The number of urea groups is 1. The van der Waals surface area contributed by atoms with Gasteiger partial charge in [0, 0.05) is 18.5 Å². The topological polar surface area (TPSA) is 78.4 Å². The molecule has 1 rings (SSSR count). The van der Waals surface area contributed by atoms with Crippen LogP contribution in [0, 0.1) is 5.41 Å². The van der Waals surface area contributed by atoms with Crippen molar-refractivity contribution in [3.8, 4) is 0 Å². The average Bonchev–Trinajstić information content (AvgIpc) is 2.36. The van der Waals surface area contributed by atoms with Crippen molar-refractivity contribution < 1.29 is 14.7 Å². The predicted octanol–water partition coefficient (Wildman–Crippen LogP) is 3.29. The number of carboxylic acids is 1. The van der Waals surface area contributed by atoms with Gasteiger partial charge in [0.15, 0.2) is 0 Å². The zero-order valence-electron chi connectivity index (χ0n) is 13.6. The largest absolute Gasteiger partial charge is 0.481 e. The minimum absolute atomic E-state index is 0.0683. The number of carbonyl (C=O) groups excluding carboxylic acids is 1. The Kier molecular flexibility index (Phi) is 6.49. The van der Waals surface area contributed by atoms with E-state index >= 15 is 0 Å². The third-order valence-electron chi connectivity index (χ3n) is 4.48. The van der Waals surface area contributed by atoms with Crippen molar-refractivity contribution in [3.63, 3.8) is 0 Å². The van der Waals surface area contributed by atoms with Gasteiger partial charge < -0.3 is 15.7 Å². The van der Waals surface area contributed by atoms with Crippen LogP contribution in [0.25, 0.3) is 0 Å². The lowest BCUT2D eigenvalue weighted by Gasteiger charge is -2.34. The number of nitrogens with one attached hydrogen (secondary N) is 2. The summed E-state index contributed by atoms with van der Waals surface area (Å²) in [7, 11) is 0. The Labute approximate surface area is 127 Å². The van der Waals surface area contributed by atoms with E-state index in [2.05, 4.69) is 17.6 Å². The molecule has 0 saturated heterocycles. The third-order valence-corrected chi connectivity index (χ3v) is 4.48. The molecule has 0 radical (unpaired) electrons. The normalized spacial score (nSPS) is 18.0. The summed E-state index contributed by atoms with van der Waals surface area (Å²) in [6.07, 6.45) is 7.30. The SMILES string of the molecule is CC(C)(CCNC(=O)NC1(C)CCCCC1)CCC(=O)O. The van der Waals surface area contributed by atoms with Gasteiger partial charge in [0.1, 0.15) is 0 Å². The molecule has 5 heteroatoms. The minimum Gasteiger partial charge on any atom is -0.481 e. The van der Waals surface area contributed by atoms with Crippen molar-refractivity contribution in [2.24, 2.45) is 5.41 Å². The highest BCUT2D eigenvalue weighted by molar-refractivity contribution is 5.74. The number of carboxylic acid groups (broad SMARTS) is 1. The maximum Gasteiger partial charge on any atom is 0.315 e. The van der Waals surface area contributed by atoms with Gasteiger partial charge in [-0.05, 0) is 38.0 Å². The highest BCUT2D eigenvalue weighted by Gasteiger charge is 2.28. The van der Waals surface area contributed by atoms with E-state index in [-0.39, 0.29) is 23.4 Å². The highest BCUT2D eigenvalue weighted by atomic mass is 16.4. The first kappa shape index (κ1) is 17.8. The molecule has 122 valence electrons. The Balaban J connectivity index is 2.24. The number of carbonyl (C=O) groups is 2. The van der Waals surface area contributed by atoms with Crippen molar-refractivity contribution in [1.82, 2.24) is 10.6 Å². The predicted molar refractivity (Wildman–Crippen MR) is 83.3 cm³/mol. The summed E-state index contributed by atoms with van der Waals surface area (Å²) in [5.74, 6) is -0.765. The van der Waals surface area contributed by atoms with Crippen molar-refractivity contribution in [3.05, 3.63) is 0 Å². The van der Waals surface area contributed by atoms with Crippen molar-refractivity contribution >= 4 is 12.0 Å². The summed E-state index contributed by atoms with van der Waals surface area (Å²) in [6.45, 7) is 6.77. The fraction of sp³-hybridized carbons (Fsp3) is 0.875. The van der Waals surface area contributed by atoms with Crippen LogP contribution in [0.2, 0.25) is 0 Å². The quantitative estimate of drug-likeness (QED) is 0.675. The molecule has 0 bridgehead atoms. The smallest absolute Gasteiger partial charge is 0.315 e. The Morgan fingerprint density at radius 1 is 1.14 bits per heavy atom. The molecule has 0 aromatic rings. The number of hydrogen-bond acceptors (Lipinski definition) is 2. The number of aliphatic carboxylic acids is 1. The summed E-state index contributed by atoms with van der Waals surface area (Å²) >= 11 is 0. The molecule has 0 unspecified atom stereocenters. The van der Waals surface area contributed by atoms with Crippen molar-refractivity contribution in [2.75, 3.05) is 6.54 Å². The average molecular weight is 298 g/mol. The maximum atomic E-state index is 12.0. The summed E-state index contributed by atoms with van der Waals surface area (Å²) in [6, 6.07) is -0.103. The van der Waals surface area contributed by atoms with Crippen LogP contribution in [-0.2, 0) is 4.79 Å². The molecule has 2 amide bonds. The van der Waals surface area contributed by atoms with Gasteiger partial charge in [-0.3, -0.25) is 4.79 Å². The molecule has 0 aromatic heterocycles. The number of rotatable bonds is 7. The molecule has 0 heterocycles. The Hall–Kier alpha value is -1.26. The van der Waals surface area contributed by atoms with E-state index in [1.165, 1.54) is 19.3 Å². The molecule has 1 saturated carbocycles. The van der Waals surface area contributed by atoms with Crippen molar-refractivity contribution in [1.29, 1.82) is 0 Å². The van der Waals surface area contributed by atoms with Gasteiger partial charge in [0.25, 0.3) is 0 Å². The molecule has 0 atom stereocenters. The molecule has 0 aromatic carbocycles. The van der Waals surface area contributed by atoms with Gasteiger partial charge in [-0.2, -0.15) is 0 Å². The molecule has 0 spiro atoms. The monoisotopic (exact) mass is 298 g/mol. The lowest BCUT2D eigenvalue weighted by atomic mass is 9.83. The lowest BCUT2D eigenvalue weighted by molar-refractivity contribution is -0.137. The van der Waals surface area contributed by atoms with Crippen LogP contribution in [0.5, 0.6) is 0 Å². The minimum atomic E-state index is -0.765. The van der Waals surface area contributed by atoms with E-state index in [4.69, 9.17) is 5.11 Å². The molecule has 1 aliphatic rings. The highest BCUT2D eigenvalue weighted by Crippen LogP contribution is 2.28. The molecular weight excluding hydrogens is 268 g/mol. The van der Waals surface area contributed by atoms with Gasteiger partial charge in [0.05, 0.1) is 0 Å². The van der Waals surface area contributed by atoms with E-state index in [1.54, 1.807) is 0 Å². The van der Waals surface area contributed by atoms with Crippen LogP contribution in [0.1, 0.15) is 72.1 Å².